The van der Waals surface area contributed by atoms with Crippen LogP contribution in [-0.4, -0.2) is 23.2 Å². The molecule has 17 heavy (non-hydrogen) atoms. The highest BCUT2D eigenvalue weighted by Gasteiger charge is 2.25. The van der Waals surface area contributed by atoms with Gasteiger partial charge in [0.05, 0.1) is 5.92 Å². The molecule has 0 saturated carbocycles. The van der Waals surface area contributed by atoms with Crippen molar-refractivity contribution < 1.29 is 4.52 Å². The van der Waals surface area contributed by atoms with Crippen molar-refractivity contribution in [2.75, 3.05) is 13.1 Å². The Morgan fingerprint density at radius 1 is 1.18 bits per heavy atom. The van der Waals surface area contributed by atoms with E-state index >= 15 is 0 Å². The lowest BCUT2D eigenvalue weighted by Gasteiger charge is -2.22. The van der Waals surface area contributed by atoms with Crippen LogP contribution in [0, 0.1) is 0 Å². The van der Waals surface area contributed by atoms with E-state index in [0.29, 0.717) is 27.7 Å². The highest BCUT2D eigenvalue weighted by molar-refractivity contribution is 6.35. The summed E-state index contributed by atoms with van der Waals surface area (Å²) in [5.74, 6) is 1.51. The normalized spacial score (nSPS) is 15.9. The summed E-state index contributed by atoms with van der Waals surface area (Å²) in [5, 5.41) is 8.22. The number of hydrogen-bond acceptors (Lipinski definition) is 4. The van der Waals surface area contributed by atoms with Crippen LogP contribution in [-0.2, 0) is 0 Å². The highest BCUT2D eigenvalue weighted by Crippen LogP contribution is 2.27. The summed E-state index contributed by atoms with van der Waals surface area (Å²) in [6, 6.07) is 5.20. The van der Waals surface area contributed by atoms with Crippen LogP contribution in [0.3, 0.4) is 0 Å². The average Bonchev–Trinajstić information content (AvgIpc) is 2.62. The maximum Gasteiger partial charge on any atom is 0.232 e. The number of nitrogens with zero attached hydrogens (tertiary/aromatic N) is 2. The van der Waals surface area contributed by atoms with E-state index in [4.69, 9.17) is 27.7 Å². The van der Waals surface area contributed by atoms with E-state index in [9.17, 15) is 0 Å². The Balaban J connectivity index is 1.94. The molecule has 1 saturated heterocycles. The predicted molar refractivity (Wildman–Crippen MR) is 65.4 cm³/mol. The van der Waals surface area contributed by atoms with Crippen LogP contribution in [0.5, 0.6) is 0 Å². The van der Waals surface area contributed by atoms with Crippen molar-refractivity contribution >= 4 is 23.2 Å². The molecule has 0 aliphatic carbocycles. The first-order valence-electron chi connectivity index (χ1n) is 5.23. The minimum atomic E-state index is 0.325. The van der Waals surface area contributed by atoms with E-state index in [0.717, 1.165) is 18.7 Å². The molecule has 0 radical (unpaired) electrons. The van der Waals surface area contributed by atoms with Gasteiger partial charge in [-0.05, 0) is 18.2 Å². The van der Waals surface area contributed by atoms with Crippen LogP contribution in [0.15, 0.2) is 22.7 Å². The molecule has 1 aliphatic rings. The quantitative estimate of drug-likeness (QED) is 0.911. The zero-order valence-electron chi connectivity index (χ0n) is 8.78. The summed E-state index contributed by atoms with van der Waals surface area (Å²) >= 11 is 11.9. The molecule has 1 aliphatic heterocycles. The summed E-state index contributed by atoms with van der Waals surface area (Å²) in [6.07, 6.45) is 0. The van der Waals surface area contributed by atoms with Gasteiger partial charge in [0.25, 0.3) is 0 Å². The summed E-state index contributed by atoms with van der Waals surface area (Å²) in [6.45, 7) is 1.77. The number of aromatic nitrogens is 2. The predicted octanol–water partition coefficient (Wildman–Crippen LogP) is 2.73. The molecule has 2 aromatic rings. The van der Waals surface area contributed by atoms with Crippen molar-refractivity contribution in [2.45, 2.75) is 5.92 Å². The number of benzene rings is 1. The van der Waals surface area contributed by atoms with E-state index in [1.807, 2.05) is 0 Å². The molecule has 0 atom stereocenters. The van der Waals surface area contributed by atoms with E-state index in [1.54, 1.807) is 18.2 Å². The van der Waals surface area contributed by atoms with Gasteiger partial charge in [0.1, 0.15) is 0 Å². The van der Waals surface area contributed by atoms with Crippen molar-refractivity contribution in [3.05, 3.63) is 34.1 Å². The molecule has 0 spiro atoms. The van der Waals surface area contributed by atoms with Crippen LogP contribution >= 0.6 is 23.2 Å². The van der Waals surface area contributed by atoms with Crippen LogP contribution in [0.1, 0.15) is 11.8 Å². The summed E-state index contributed by atoms with van der Waals surface area (Å²) in [7, 11) is 0. The Hall–Kier alpha value is -1.10. The second kappa shape index (κ2) is 4.29. The lowest BCUT2D eigenvalue weighted by molar-refractivity contribution is 0.308. The number of halogens is 2. The number of hydrogen-bond donors (Lipinski definition) is 1. The van der Waals surface area contributed by atoms with Gasteiger partial charge in [0, 0.05) is 28.7 Å². The molecule has 0 bridgehead atoms. The summed E-state index contributed by atoms with van der Waals surface area (Å²) in [5.41, 5.74) is 0.768. The lowest BCUT2D eigenvalue weighted by atomic mass is 10.0. The second-order valence-corrected chi connectivity index (χ2v) is 4.84. The molecular weight excluding hydrogens is 261 g/mol. The maximum absolute atomic E-state index is 5.93. The Morgan fingerprint density at radius 2 is 1.88 bits per heavy atom. The van der Waals surface area contributed by atoms with E-state index in [1.165, 1.54) is 0 Å². The van der Waals surface area contributed by atoms with Crippen LogP contribution < -0.4 is 5.32 Å². The molecule has 1 aromatic carbocycles. The van der Waals surface area contributed by atoms with Crippen molar-refractivity contribution in [3.63, 3.8) is 0 Å². The van der Waals surface area contributed by atoms with Gasteiger partial charge in [0.2, 0.25) is 11.7 Å². The molecule has 0 unspecified atom stereocenters. The standard InChI is InChI=1S/C11H9Cl2N3O/c12-8-1-6(2-9(13)3-8)10-15-11(17-16-10)7-4-14-5-7/h1-3,7,14H,4-5H2. The van der Waals surface area contributed by atoms with E-state index in [2.05, 4.69) is 15.5 Å². The van der Waals surface area contributed by atoms with Crippen molar-refractivity contribution in [2.24, 2.45) is 0 Å². The number of rotatable bonds is 2. The molecule has 1 fully saturated rings. The van der Waals surface area contributed by atoms with Gasteiger partial charge in [-0.3, -0.25) is 0 Å². The first kappa shape index (κ1) is 11.0. The molecular formula is C11H9Cl2N3O. The summed E-state index contributed by atoms with van der Waals surface area (Å²) < 4.78 is 5.22. The first-order valence-corrected chi connectivity index (χ1v) is 5.99. The first-order chi connectivity index (χ1) is 8.22. The minimum absolute atomic E-state index is 0.325. The smallest absolute Gasteiger partial charge is 0.232 e. The molecule has 3 rings (SSSR count). The molecule has 0 amide bonds. The third kappa shape index (κ3) is 2.16. The topological polar surface area (TPSA) is 51.0 Å². The van der Waals surface area contributed by atoms with Gasteiger partial charge in [0.15, 0.2) is 0 Å². The van der Waals surface area contributed by atoms with Crippen LogP contribution in [0.2, 0.25) is 10.0 Å². The van der Waals surface area contributed by atoms with Crippen LogP contribution in [0.4, 0.5) is 0 Å². The molecule has 4 nitrogen and oxygen atoms in total. The van der Waals surface area contributed by atoms with Crippen molar-refractivity contribution in [3.8, 4) is 11.4 Å². The Bertz CT molecular complexity index is 531. The van der Waals surface area contributed by atoms with Gasteiger partial charge >= 0.3 is 0 Å². The monoisotopic (exact) mass is 269 g/mol. The lowest BCUT2D eigenvalue weighted by Crippen LogP contribution is -2.40. The van der Waals surface area contributed by atoms with Crippen molar-refractivity contribution in [1.82, 2.24) is 15.5 Å². The zero-order valence-corrected chi connectivity index (χ0v) is 10.3. The zero-order chi connectivity index (χ0) is 11.8. The molecule has 1 N–H and O–H groups in total. The molecule has 2 heterocycles. The molecule has 1 aromatic heterocycles. The SMILES string of the molecule is Clc1cc(Cl)cc(-c2noc(C3CNC3)n2)c1. The fourth-order valence-corrected chi connectivity index (χ4v) is 2.19. The molecule has 88 valence electrons. The Labute approximate surface area is 108 Å². The van der Waals surface area contributed by atoms with Gasteiger partial charge in [-0.15, -0.1) is 0 Å². The minimum Gasteiger partial charge on any atom is -0.339 e. The highest BCUT2D eigenvalue weighted by atomic mass is 35.5. The average molecular weight is 270 g/mol. The van der Waals surface area contributed by atoms with Gasteiger partial charge < -0.3 is 9.84 Å². The maximum atomic E-state index is 5.93. The van der Waals surface area contributed by atoms with Gasteiger partial charge in [-0.1, -0.05) is 28.4 Å². The van der Waals surface area contributed by atoms with E-state index in [-0.39, 0.29) is 0 Å². The summed E-state index contributed by atoms with van der Waals surface area (Å²) in [4.78, 5) is 4.35. The van der Waals surface area contributed by atoms with E-state index < -0.39 is 0 Å². The third-order valence-corrected chi connectivity index (χ3v) is 3.13. The van der Waals surface area contributed by atoms with Gasteiger partial charge in [-0.25, -0.2) is 0 Å². The van der Waals surface area contributed by atoms with Gasteiger partial charge in [-0.2, -0.15) is 4.98 Å². The second-order valence-electron chi connectivity index (χ2n) is 3.97. The largest absolute Gasteiger partial charge is 0.339 e. The van der Waals surface area contributed by atoms with Crippen molar-refractivity contribution in [1.29, 1.82) is 0 Å². The number of nitrogens with one attached hydrogen (secondary N) is 1. The Kier molecular flexibility index (Phi) is 2.78. The fraction of sp³-hybridized carbons (Fsp3) is 0.273. The third-order valence-electron chi connectivity index (χ3n) is 2.69. The Morgan fingerprint density at radius 3 is 2.47 bits per heavy atom. The van der Waals surface area contributed by atoms with Crippen LogP contribution in [0.25, 0.3) is 11.4 Å². The fourth-order valence-electron chi connectivity index (χ4n) is 1.66. The molecule has 6 heteroatoms.